The van der Waals surface area contributed by atoms with Gasteiger partial charge in [-0.2, -0.15) is 0 Å². The smallest absolute Gasteiger partial charge is 0.129 e. The second-order valence-electron chi connectivity index (χ2n) is 5.92. The normalized spacial score (nSPS) is 22.3. The lowest BCUT2D eigenvalue weighted by Crippen LogP contribution is -2.25. The molecule has 3 N–H and O–H groups in total. The lowest BCUT2D eigenvalue weighted by molar-refractivity contribution is 0.0570. The molecule has 0 bridgehead atoms. The molecule has 0 amide bonds. The van der Waals surface area contributed by atoms with Crippen molar-refractivity contribution in [1.29, 1.82) is 0 Å². The van der Waals surface area contributed by atoms with E-state index < -0.39 is 6.10 Å². The van der Waals surface area contributed by atoms with Crippen LogP contribution in [0.4, 0.5) is 5.82 Å². The zero-order valence-corrected chi connectivity index (χ0v) is 10.7. The quantitative estimate of drug-likeness (QED) is 0.827. The first-order valence-corrected chi connectivity index (χ1v) is 6.38. The molecule has 0 spiro atoms. The number of nitrogens with zero attached hydrogens (tertiary/aromatic N) is 1. The van der Waals surface area contributed by atoms with Crippen molar-refractivity contribution in [3.05, 3.63) is 23.9 Å². The van der Waals surface area contributed by atoms with Crippen LogP contribution in [0.5, 0.6) is 0 Å². The van der Waals surface area contributed by atoms with E-state index in [-0.39, 0.29) is 0 Å². The van der Waals surface area contributed by atoms with Gasteiger partial charge in [-0.15, -0.1) is 0 Å². The van der Waals surface area contributed by atoms with Crippen LogP contribution in [0.15, 0.2) is 18.3 Å². The summed E-state index contributed by atoms with van der Waals surface area (Å²) in [7, 11) is 0. The molecule has 3 heteroatoms. The monoisotopic (exact) mass is 234 g/mol. The number of anilines is 1. The van der Waals surface area contributed by atoms with Gasteiger partial charge in [0, 0.05) is 11.8 Å². The summed E-state index contributed by atoms with van der Waals surface area (Å²) in [5.41, 5.74) is 7.03. The van der Waals surface area contributed by atoms with Crippen LogP contribution in [0, 0.1) is 11.3 Å². The van der Waals surface area contributed by atoms with Crippen molar-refractivity contribution in [2.75, 3.05) is 5.73 Å². The number of aromatic nitrogens is 1. The zero-order valence-electron chi connectivity index (χ0n) is 10.7. The molecule has 1 aliphatic carbocycles. The molecule has 1 saturated carbocycles. The molecule has 1 heterocycles. The molecule has 0 radical (unpaired) electrons. The zero-order chi connectivity index (χ0) is 12.5. The predicted molar refractivity (Wildman–Crippen MR) is 69.3 cm³/mol. The Kier molecular flexibility index (Phi) is 3.38. The van der Waals surface area contributed by atoms with Crippen LogP contribution in [-0.4, -0.2) is 10.1 Å². The predicted octanol–water partition coefficient (Wildman–Crippen LogP) is 2.91. The summed E-state index contributed by atoms with van der Waals surface area (Å²) in [6.07, 6.45) is 5.70. The molecule has 1 unspecified atom stereocenters. The summed E-state index contributed by atoms with van der Waals surface area (Å²) < 4.78 is 0. The van der Waals surface area contributed by atoms with E-state index in [1.807, 2.05) is 12.1 Å². The van der Waals surface area contributed by atoms with Crippen molar-refractivity contribution in [2.24, 2.45) is 11.3 Å². The molecule has 1 aromatic heterocycles. The van der Waals surface area contributed by atoms with Gasteiger partial charge in [-0.3, -0.25) is 0 Å². The Balaban J connectivity index is 2.07. The van der Waals surface area contributed by atoms with Crippen molar-refractivity contribution in [3.63, 3.8) is 0 Å². The van der Waals surface area contributed by atoms with Gasteiger partial charge >= 0.3 is 0 Å². The van der Waals surface area contributed by atoms with E-state index >= 15 is 0 Å². The van der Waals surface area contributed by atoms with Crippen LogP contribution in [0.2, 0.25) is 0 Å². The van der Waals surface area contributed by atoms with Gasteiger partial charge in [0.2, 0.25) is 0 Å². The summed E-state index contributed by atoms with van der Waals surface area (Å²) in [5, 5.41) is 10.4. The summed E-state index contributed by atoms with van der Waals surface area (Å²) in [5.74, 6) is 0.791. The van der Waals surface area contributed by atoms with E-state index in [2.05, 4.69) is 18.8 Å². The molecular weight excluding hydrogens is 212 g/mol. The highest BCUT2D eigenvalue weighted by Gasteiger charge is 2.31. The van der Waals surface area contributed by atoms with Crippen LogP contribution in [0.1, 0.15) is 51.2 Å². The Bertz CT molecular complexity index is 380. The molecule has 3 nitrogen and oxygen atoms in total. The van der Waals surface area contributed by atoms with E-state index in [9.17, 15) is 5.11 Å². The van der Waals surface area contributed by atoms with Crippen LogP contribution in [0.25, 0.3) is 0 Å². The number of pyridine rings is 1. The Morgan fingerprint density at radius 1 is 1.41 bits per heavy atom. The Morgan fingerprint density at radius 2 is 2.06 bits per heavy atom. The summed E-state index contributed by atoms with van der Waals surface area (Å²) in [6, 6.07) is 3.72. The van der Waals surface area contributed by atoms with Gasteiger partial charge in [0.25, 0.3) is 0 Å². The average Bonchev–Trinajstić information content (AvgIpc) is 2.29. The highest BCUT2D eigenvalue weighted by molar-refractivity contribution is 5.40. The minimum Gasteiger partial charge on any atom is -0.388 e. The second-order valence-corrected chi connectivity index (χ2v) is 5.92. The summed E-state index contributed by atoms with van der Waals surface area (Å²) in [4.78, 5) is 4.04. The second kappa shape index (κ2) is 4.65. The summed E-state index contributed by atoms with van der Waals surface area (Å²) >= 11 is 0. The van der Waals surface area contributed by atoms with Gasteiger partial charge in [-0.05, 0) is 43.1 Å². The Labute approximate surface area is 103 Å². The van der Waals surface area contributed by atoms with Gasteiger partial charge < -0.3 is 10.8 Å². The number of hydrogen-bond acceptors (Lipinski definition) is 3. The van der Waals surface area contributed by atoms with Crippen molar-refractivity contribution >= 4 is 5.82 Å². The fourth-order valence-electron chi connectivity index (χ4n) is 2.67. The lowest BCUT2D eigenvalue weighted by atomic mass is 9.71. The molecule has 0 saturated heterocycles. The minimum absolute atomic E-state index is 0.328. The number of hydrogen-bond donors (Lipinski definition) is 2. The first-order chi connectivity index (χ1) is 7.99. The largest absolute Gasteiger partial charge is 0.388 e. The van der Waals surface area contributed by atoms with Gasteiger partial charge in [0.05, 0.1) is 6.10 Å². The van der Waals surface area contributed by atoms with E-state index in [4.69, 9.17) is 5.73 Å². The molecule has 0 aromatic carbocycles. The number of nitrogen functional groups attached to an aromatic ring is 1. The van der Waals surface area contributed by atoms with Crippen molar-refractivity contribution in [2.45, 2.75) is 45.6 Å². The summed E-state index contributed by atoms with van der Waals surface area (Å²) in [6.45, 7) is 4.60. The van der Waals surface area contributed by atoms with Crippen molar-refractivity contribution in [3.8, 4) is 0 Å². The number of aliphatic hydroxyl groups is 1. The molecule has 0 aliphatic heterocycles. The van der Waals surface area contributed by atoms with E-state index in [0.717, 1.165) is 18.4 Å². The Morgan fingerprint density at radius 3 is 2.65 bits per heavy atom. The van der Waals surface area contributed by atoms with Crippen LogP contribution in [-0.2, 0) is 0 Å². The first kappa shape index (κ1) is 12.4. The molecule has 17 heavy (non-hydrogen) atoms. The highest BCUT2D eigenvalue weighted by atomic mass is 16.3. The molecule has 2 rings (SSSR count). The van der Waals surface area contributed by atoms with Crippen LogP contribution in [0.3, 0.4) is 0 Å². The van der Waals surface area contributed by atoms with Crippen molar-refractivity contribution < 1.29 is 5.11 Å². The van der Waals surface area contributed by atoms with E-state index in [1.165, 1.54) is 12.8 Å². The fraction of sp³-hybridized carbons (Fsp3) is 0.643. The molecule has 94 valence electrons. The number of aliphatic hydroxyl groups excluding tert-OH is 1. The third-order valence-electron chi connectivity index (χ3n) is 4.02. The topological polar surface area (TPSA) is 59.1 Å². The lowest BCUT2D eigenvalue weighted by Gasteiger charge is -2.36. The third kappa shape index (κ3) is 2.78. The van der Waals surface area contributed by atoms with Crippen molar-refractivity contribution in [1.82, 2.24) is 4.98 Å². The van der Waals surface area contributed by atoms with Gasteiger partial charge in [0.1, 0.15) is 5.82 Å². The fourth-order valence-corrected chi connectivity index (χ4v) is 2.67. The maximum atomic E-state index is 10.4. The maximum Gasteiger partial charge on any atom is 0.129 e. The highest BCUT2D eigenvalue weighted by Crippen LogP contribution is 2.43. The van der Waals surface area contributed by atoms with Crippen LogP contribution >= 0.6 is 0 Å². The van der Waals surface area contributed by atoms with E-state index in [1.54, 1.807) is 6.20 Å². The third-order valence-corrected chi connectivity index (χ3v) is 4.02. The molecular formula is C14H22N2O. The SMILES string of the molecule is CC1(C)CCC(C(O)c2cccnc2N)CC1. The van der Waals surface area contributed by atoms with Gasteiger partial charge in [-0.1, -0.05) is 19.9 Å². The van der Waals surface area contributed by atoms with Crippen LogP contribution < -0.4 is 5.73 Å². The van der Waals surface area contributed by atoms with Gasteiger partial charge in [0.15, 0.2) is 0 Å². The standard InChI is InChI=1S/C14H22N2O/c1-14(2)7-5-10(6-8-14)12(17)11-4-3-9-16-13(11)15/h3-4,9-10,12,17H,5-8H2,1-2H3,(H2,15,16). The molecule has 1 atom stereocenters. The molecule has 1 aromatic rings. The first-order valence-electron chi connectivity index (χ1n) is 6.38. The molecule has 1 aliphatic rings. The maximum absolute atomic E-state index is 10.4. The van der Waals surface area contributed by atoms with Gasteiger partial charge in [-0.25, -0.2) is 4.98 Å². The Hall–Kier alpha value is -1.09. The minimum atomic E-state index is -0.459. The van der Waals surface area contributed by atoms with E-state index in [0.29, 0.717) is 17.2 Å². The number of rotatable bonds is 2. The molecule has 1 fully saturated rings. The average molecular weight is 234 g/mol. The number of nitrogens with two attached hydrogens (primary N) is 1.